The number of anilines is 1. The van der Waals surface area contributed by atoms with Crippen LogP contribution < -0.4 is 10.6 Å². The minimum absolute atomic E-state index is 0.258. The van der Waals surface area contributed by atoms with Gasteiger partial charge in [0.05, 0.1) is 5.57 Å². The van der Waals surface area contributed by atoms with E-state index in [1.165, 1.54) is 0 Å². The van der Waals surface area contributed by atoms with Crippen molar-refractivity contribution in [3.05, 3.63) is 71.3 Å². The number of hydrogen-bond donors (Lipinski definition) is 3. The quantitative estimate of drug-likeness (QED) is 0.554. The summed E-state index contributed by atoms with van der Waals surface area (Å²) in [6.45, 7) is 3.62. The van der Waals surface area contributed by atoms with E-state index in [2.05, 4.69) is 15.6 Å². The molecule has 0 bridgehead atoms. The Hall–Kier alpha value is -3.34. The summed E-state index contributed by atoms with van der Waals surface area (Å²) in [7, 11) is 0. The van der Waals surface area contributed by atoms with Gasteiger partial charge in [-0.05, 0) is 48.2 Å². The van der Waals surface area contributed by atoms with Crippen LogP contribution in [0.3, 0.4) is 0 Å². The predicted molar refractivity (Wildman–Crippen MR) is 112 cm³/mol. The Kier molecular flexibility index (Phi) is 6.05. The number of carboxylic acid groups (broad SMARTS) is 1. The fourth-order valence-corrected chi connectivity index (χ4v) is 2.95. The highest BCUT2D eigenvalue weighted by Crippen LogP contribution is 2.24. The molecule has 5 nitrogen and oxygen atoms in total. The molecule has 0 aromatic heterocycles. The Morgan fingerprint density at radius 1 is 1.22 bits per heavy atom. The molecule has 0 atom stereocenters. The molecule has 138 valence electrons. The summed E-state index contributed by atoms with van der Waals surface area (Å²) in [4.78, 5) is 16.3. The number of hydrogen-bond acceptors (Lipinski definition) is 4. The molecule has 3 N–H and O–H groups in total. The van der Waals surface area contributed by atoms with E-state index in [9.17, 15) is 9.90 Å². The van der Waals surface area contributed by atoms with Crippen molar-refractivity contribution in [2.75, 3.05) is 18.4 Å². The minimum Gasteiger partial charge on any atom is -0.478 e. The molecule has 2 aromatic carbocycles. The van der Waals surface area contributed by atoms with Gasteiger partial charge in [0.25, 0.3) is 0 Å². The van der Waals surface area contributed by atoms with Crippen LogP contribution in [0.4, 0.5) is 5.69 Å². The predicted octanol–water partition coefficient (Wildman–Crippen LogP) is 4.11. The highest BCUT2D eigenvalue weighted by molar-refractivity contribution is 6.21. The SMILES string of the molecule is CC=Cc1ccccc1C(=Cc1cccc(NC2=NCCCN2)c1)C(=O)O. The summed E-state index contributed by atoms with van der Waals surface area (Å²) in [5, 5.41) is 16.2. The number of allylic oxidation sites excluding steroid dienone is 1. The molecule has 0 aliphatic carbocycles. The van der Waals surface area contributed by atoms with Crippen LogP contribution in [0.15, 0.2) is 59.6 Å². The number of nitrogens with zero attached hydrogens (tertiary/aromatic N) is 1. The Balaban J connectivity index is 1.94. The number of benzene rings is 2. The van der Waals surface area contributed by atoms with Gasteiger partial charge in [0.2, 0.25) is 0 Å². The molecule has 1 aliphatic rings. The number of aliphatic imine (C=N–C) groups is 1. The minimum atomic E-state index is -0.955. The second-order valence-electron chi connectivity index (χ2n) is 6.21. The molecule has 0 amide bonds. The topological polar surface area (TPSA) is 73.7 Å². The van der Waals surface area contributed by atoms with E-state index in [0.717, 1.165) is 42.3 Å². The summed E-state index contributed by atoms with van der Waals surface area (Å²) < 4.78 is 0. The lowest BCUT2D eigenvalue weighted by atomic mass is 9.97. The Morgan fingerprint density at radius 3 is 2.81 bits per heavy atom. The van der Waals surface area contributed by atoms with Crippen molar-refractivity contribution in [1.82, 2.24) is 5.32 Å². The lowest BCUT2D eigenvalue weighted by Gasteiger charge is -2.16. The molecule has 27 heavy (non-hydrogen) atoms. The number of guanidine groups is 1. The molecule has 0 unspecified atom stereocenters. The van der Waals surface area contributed by atoms with Gasteiger partial charge >= 0.3 is 5.97 Å². The Bertz CT molecular complexity index is 913. The first kappa shape index (κ1) is 18.5. The average Bonchev–Trinajstić information content (AvgIpc) is 2.68. The van der Waals surface area contributed by atoms with E-state index >= 15 is 0 Å². The van der Waals surface area contributed by atoms with E-state index in [0.29, 0.717) is 5.56 Å². The molecule has 3 rings (SSSR count). The second kappa shape index (κ2) is 8.85. The van der Waals surface area contributed by atoms with E-state index < -0.39 is 5.97 Å². The van der Waals surface area contributed by atoms with Crippen LogP contribution in [0, 0.1) is 0 Å². The maximum atomic E-state index is 11.9. The molecular weight excluding hydrogens is 338 g/mol. The molecule has 0 saturated heterocycles. The molecule has 2 aromatic rings. The summed E-state index contributed by atoms with van der Waals surface area (Å²) >= 11 is 0. The molecule has 1 heterocycles. The summed E-state index contributed by atoms with van der Waals surface area (Å²) in [6.07, 6.45) is 6.55. The second-order valence-corrected chi connectivity index (χ2v) is 6.21. The summed E-state index contributed by atoms with van der Waals surface area (Å²) in [5.74, 6) is -0.206. The van der Waals surface area contributed by atoms with Crippen molar-refractivity contribution in [2.45, 2.75) is 13.3 Å². The fraction of sp³-hybridized carbons (Fsp3) is 0.182. The maximum absolute atomic E-state index is 11.9. The van der Waals surface area contributed by atoms with Crippen molar-refractivity contribution in [2.24, 2.45) is 4.99 Å². The molecule has 1 aliphatic heterocycles. The van der Waals surface area contributed by atoms with Crippen molar-refractivity contribution in [3.63, 3.8) is 0 Å². The van der Waals surface area contributed by atoms with Crippen molar-refractivity contribution >= 4 is 35.3 Å². The van der Waals surface area contributed by atoms with Gasteiger partial charge in [0, 0.05) is 18.8 Å². The third kappa shape index (κ3) is 4.85. The monoisotopic (exact) mass is 361 g/mol. The van der Waals surface area contributed by atoms with Crippen molar-refractivity contribution in [3.8, 4) is 0 Å². The van der Waals surface area contributed by atoms with E-state index in [1.54, 1.807) is 6.08 Å². The maximum Gasteiger partial charge on any atom is 0.336 e. The molecular formula is C22H23N3O2. The zero-order valence-corrected chi connectivity index (χ0v) is 15.3. The van der Waals surface area contributed by atoms with Gasteiger partial charge in [-0.1, -0.05) is 48.6 Å². The van der Waals surface area contributed by atoms with Crippen LogP contribution >= 0.6 is 0 Å². The van der Waals surface area contributed by atoms with Crippen LogP contribution in [0.1, 0.15) is 30.0 Å². The average molecular weight is 361 g/mol. The Morgan fingerprint density at radius 2 is 2.07 bits per heavy atom. The van der Waals surface area contributed by atoms with E-state index in [4.69, 9.17) is 0 Å². The van der Waals surface area contributed by atoms with Crippen LogP contribution in [0.2, 0.25) is 0 Å². The molecule has 0 saturated carbocycles. The van der Waals surface area contributed by atoms with Crippen molar-refractivity contribution in [1.29, 1.82) is 0 Å². The van der Waals surface area contributed by atoms with Gasteiger partial charge in [-0.25, -0.2) is 4.79 Å². The number of nitrogens with one attached hydrogen (secondary N) is 2. The lowest BCUT2D eigenvalue weighted by molar-refractivity contribution is -0.130. The standard InChI is InChI=1S/C22H23N3O2/c1-2-7-17-9-3-4-11-19(17)20(21(26)27)15-16-8-5-10-18(14-16)25-22-23-12-6-13-24-22/h2-5,7-11,14-15H,6,12-13H2,1H3,(H,26,27)(H2,23,24,25). The van der Waals surface area contributed by atoms with E-state index in [-0.39, 0.29) is 5.57 Å². The third-order valence-electron chi connectivity index (χ3n) is 4.19. The first-order valence-corrected chi connectivity index (χ1v) is 9.00. The smallest absolute Gasteiger partial charge is 0.336 e. The highest BCUT2D eigenvalue weighted by Gasteiger charge is 2.13. The third-order valence-corrected chi connectivity index (χ3v) is 4.19. The fourth-order valence-electron chi connectivity index (χ4n) is 2.95. The van der Waals surface area contributed by atoms with Crippen LogP contribution in [-0.2, 0) is 4.79 Å². The number of carboxylic acids is 1. The number of aliphatic carboxylic acids is 1. The van der Waals surface area contributed by atoms with Gasteiger partial charge < -0.3 is 15.7 Å². The normalized spacial score (nSPS) is 14.6. The molecule has 0 fully saturated rings. The van der Waals surface area contributed by atoms with Crippen LogP contribution in [0.5, 0.6) is 0 Å². The molecule has 0 radical (unpaired) electrons. The van der Waals surface area contributed by atoms with Gasteiger partial charge in [-0.3, -0.25) is 4.99 Å². The van der Waals surface area contributed by atoms with Gasteiger partial charge in [-0.2, -0.15) is 0 Å². The molecule has 0 spiro atoms. The number of rotatable bonds is 5. The van der Waals surface area contributed by atoms with Gasteiger partial charge in [0.1, 0.15) is 0 Å². The van der Waals surface area contributed by atoms with Crippen LogP contribution in [-0.4, -0.2) is 30.1 Å². The highest BCUT2D eigenvalue weighted by atomic mass is 16.4. The van der Waals surface area contributed by atoms with Crippen LogP contribution in [0.25, 0.3) is 17.7 Å². The first-order chi connectivity index (χ1) is 13.2. The van der Waals surface area contributed by atoms with Crippen molar-refractivity contribution < 1.29 is 9.90 Å². The zero-order chi connectivity index (χ0) is 19.1. The summed E-state index contributed by atoms with van der Waals surface area (Å²) in [6, 6.07) is 15.1. The summed E-state index contributed by atoms with van der Waals surface area (Å²) in [5.41, 5.74) is 3.50. The largest absolute Gasteiger partial charge is 0.478 e. The van der Waals surface area contributed by atoms with Gasteiger partial charge in [-0.15, -0.1) is 0 Å². The van der Waals surface area contributed by atoms with Gasteiger partial charge in [0.15, 0.2) is 5.96 Å². The van der Waals surface area contributed by atoms with E-state index in [1.807, 2.05) is 67.6 Å². The lowest BCUT2D eigenvalue weighted by Crippen LogP contribution is -2.35. The number of carbonyl (C=O) groups is 1. The zero-order valence-electron chi connectivity index (χ0n) is 15.3. The first-order valence-electron chi connectivity index (χ1n) is 9.00. The Labute approximate surface area is 159 Å². The molecule has 5 heteroatoms.